The first-order valence-electron chi connectivity index (χ1n) is 7.41. The molecule has 24 heavy (non-hydrogen) atoms. The van der Waals surface area contributed by atoms with E-state index >= 15 is 0 Å². The number of alkyl halides is 3. The second kappa shape index (κ2) is 6.00. The smallest absolute Gasteiger partial charge is 0.299 e. The highest BCUT2D eigenvalue weighted by Crippen LogP contribution is 2.53. The van der Waals surface area contributed by atoms with Crippen LogP contribution in [-0.4, -0.2) is 23.5 Å². The van der Waals surface area contributed by atoms with Crippen molar-refractivity contribution in [2.24, 2.45) is 5.41 Å². The Bertz CT molecular complexity index is 713. The molecule has 0 bridgehead atoms. The van der Waals surface area contributed by atoms with Crippen LogP contribution in [0.1, 0.15) is 49.0 Å². The molecule has 0 radical (unpaired) electrons. The Morgan fingerprint density at radius 3 is 1.88 bits per heavy atom. The van der Waals surface area contributed by atoms with Crippen molar-refractivity contribution in [3.63, 3.8) is 0 Å². The van der Waals surface area contributed by atoms with Crippen LogP contribution < -0.4 is 0 Å². The third-order valence-corrected chi connectivity index (χ3v) is 4.66. The molecule has 0 aromatic heterocycles. The van der Waals surface area contributed by atoms with E-state index < -0.39 is 41.1 Å². The molecule has 1 atom stereocenters. The van der Waals surface area contributed by atoms with Crippen molar-refractivity contribution in [3.05, 3.63) is 47.0 Å². The summed E-state index contributed by atoms with van der Waals surface area (Å²) >= 11 is 0. The molecule has 3 nitrogen and oxygen atoms in total. The number of ketones is 3. The molecule has 0 heterocycles. The van der Waals surface area contributed by atoms with E-state index in [0.717, 1.165) is 19.9 Å². The number of Topliss-reactive ketones (excluding diaryl/α,β-unsaturated/α-hetero) is 3. The molecule has 1 aliphatic carbocycles. The molecule has 0 spiro atoms. The molecule has 0 N–H and O–H groups in total. The molecule has 0 saturated heterocycles. The predicted molar refractivity (Wildman–Crippen MR) is 81.7 cm³/mol. The maximum absolute atomic E-state index is 13.2. The second-order valence-corrected chi connectivity index (χ2v) is 6.11. The summed E-state index contributed by atoms with van der Waals surface area (Å²) in [6.07, 6.45) is -4.28. The highest BCUT2D eigenvalue weighted by atomic mass is 19.4. The zero-order valence-corrected chi connectivity index (χ0v) is 13.5. The van der Waals surface area contributed by atoms with Gasteiger partial charge in [-0.15, -0.1) is 0 Å². The highest BCUT2D eigenvalue weighted by molar-refractivity contribution is 6.07. The van der Waals surface area contributed by atoms with Crippen molar-refractivity contribution in [3.8, 4) is 0 Å². The molecule has 1 aromatic rings. The summed E-state index contributed by atoms with van der Waals surface area (Å²) in [5, 5.41) is 0. The van der Waals surface area contributed by atoms with Crippen LogP contribution in [0, 0.1) is 5.41 Å². The molecule has 6 heteroatoms. The zero-order chi connectivity index (χ0) is 18.3. The Morgan fingerprint density at radius 2 is 1.50 bits per heavy atom. The van der Waals surface area contributed by atoms with Gasteiger partial charge in [0.15, 0.2) is 5.78 Å². The third kappa shape index (κ3) is 2.92. The number of hydrogen-bond acceptors (Lipinski definition) is 3. The van der Waals surface area contributed by atoms with Crippen molar-refractivity contribution >= 4 is 17.3 Å². The van der Waals surface area contributed by atoms with Crippen LogP contribution in [0.25, 0.3) is 0 Å². The van der Waals surface area contributed by atoms with Crippen LogP contribution in [0.3, 0.4) is 0 Å². The van der Waals surface area contributed by atoms with Gasteiger partial charge in [0, 0.05) is 17.1 Å². The standard InChI is InChI=1S/C18H17F3O3/c1-10(22)13-4-6-14(7-5-13)16-8-15(18(19,20)21)9-17(16,11(2)23)12(3)24/h4-8,16H,9H2,1-3H3. The molecular formula is C18H17F3O3. The van der Waals surface area contributed by atoms with Crippen LogP contribution in [0.5, 0.6) is 0 Å². The van der Waals surface area contributed by atoms with Crippen LogP contribution in [0.2, 0.25) is 0 Å². The van der Waals surface area contributed by atoms with E-state index in [1.807, 2.05) is 0 Å². The summed E-state index contributed by atoms with van der Waals surface area (Å²) in [6.45, 7) is 3.67. The normalized spacial score (nSPS) is 19.8. The molecule has 128 valence electrons. The summed E-state index contributed by atoms with van der Waals surface area (Å²) in [7, 11) is 0. The van der Waals surface area contributed by atoms with Gasteiger partial charge in [-0.1, -0.05) is 30.3 Å². The summed E-state index contributed by atoms with van der Waals surface area (Å²) < 4.78 is 39.5. The van der Waals surface area contributed by atoms with E-state index in [2.05, 4.69) is 0 Å². The van der Waals surface area contributed by atoms with Gasteiger partial charge in [-0.05, 0) is 32.8 Å². The van der Waals surface area contributed by atoms with Gasteiger partial charge in [-0.2, -0.15) is 13.2 Å². The minimum absolute atomic E-state index is 0.177. The van der Waals surface area contributed by atoms with Gasteiger partial charge in [0.2, 0.25) is 0 Å². The molecule has 1 aromatic carbocycles. The number of carbonyl (C=O) groups excluding carboxylic acids is 3. The van der Waals surface area contributed by atoms with Gasteiger partial charge < -0.3 is 0 Å². The predicted octanol–water partition coefficient (Wildman–Crippen LogP) is 4.03. The fourth-order valence-corrected chi connectivity index (χ4v) is 3.25. The van der Waals surface area contributed by atoms with Crippen LogP contribution >= 0.6 is 0 Å². The van der Waals surface area contributed by atoms with Crippen molar-refractivity contribution in [2.75, 3.05) is 0 Å². The van der Waals surface area contributed by atoms with E-state index in [4.69, 9.17) is 0 Å². The molecule has 1 aliphatic rings. The van der Waals surface area contributed by atoms with E-state index in [9.17, 15) is 27.6 Å². The molecule has 0 saturated carbocycles. The van der Waals surface area contributed by atoms with Crippen molar-refractivity contribution in [1.82, 2.24) is 0 Å². The highest BCUT2D eigenvalue weighted by Gasteiger charge is 2.55. The fourth-order valence-electron chi connectivity index (χ4n) is 3.25. The molecular weight excluding hydrogens is 321 g/mol. The average molecular weight is 338 g/mol. The van der Waals surface area contributed by atoms with Gasteiger partial charge in [0.05, 0.1) is 0 Å². The Kier molecular flexibility index (Phi) is 4.52. The maximum Gasteiger partial charge on any atom is 0.412 e. The van der Waals surface area contributed by atoms with E-state index in [1.165, 1.54) is 31.2 Å². The zero-order valence-electron chi connectivity index (χ0n) is 13.5. The Labute approximate surface area is 137 Å². The summed E-state index contributed by atoms with van der Waals surface area (Å²) in [5.41, 5.74) is -1.80. The number of halogens is 3. The number of rotatable bonds is 4. The van der Waals surface area contributed by atoms with Gasteiger partial charge in [0.1, 0.15) is 17.0 Å². The van der Waals surface area contributed by atoms with Crippen molar-refractivity contribution in [1.29, 1.82) is 0 Å². The van der Waals surface area contributed by atoms with Crippen molar-refractivity contribution in [2.45, 2.75) is 39.3 Å². The maximum atomic E-state index is 13.2. The SMILES string of the molecule is CC(=O)c1ccc(C2C=C(C(F)(F)F)CC2(C(C)=O)C(C)=O)cc1. The lowest BCUT2D eigenvalue weighted by molar-refractivity contribution is -0.139. The topological polar surface area (TPSA) is 51.2 Å². The van der Waals surface area contributed by atoms with Gasteiger partial charge in [0.25, 0.3) is 0 Å². The third-order valence-electron chi connectivity index (χ3n) is 4.66. The molecule has 1 unspecified atom stereocenters. The van der Waals surface area contributed by atoms with Crippen LogP contribution in [-0.2, 0) is 9.59 Å². The first-order chi connectivity index (χ1) is 11.0. The van der Waals surface area contributed by atoms with Crippen LogP contribution in [0.4, 0.5) is 13.2 Å². The first-order valence-corrected chi connectivity index (χ1v) is 7.41. The number of benzene rings is 1. The largest absolute Gasteiger partial charge is 0.412 e. The molecule has 2 rings (SSSR count). The molecule has 0 fully saturated rings. The van der Waals surface area contributed by atoms with Gasteiger partial charge >= 0.3 is 6.18 Å². The number of allylic oxidation sites excluding steroid dienone is 2. The summed E-state index contributed by atoms with van der Waals surface area (Å²) in [4.78, 5) is 35.7. The average Bonchev–Trinajstić information content (AvgIpc) is 2.89. The Balaban J connectivity index is 2.59. The first kappa shape index (κ1) is 18.1. The Hall–Kier alpha value is -2.24. The minimum Gasteiger partial charge on any atom is -0.299 e. The lowest BCUT2D eigenvalue weighted by Gasteiger charge is -2.31. The minimum atomic E-state index is -4.59. The van der Waals surface area contributed by atoms with E-state index in [1.54, 1.807) is 0 Å². The monoisotopic (exact) mass is 338 g/mol. The van der Waals surface area contributed by atoms with E-state index in [-0.39, 0.29) is 5.78 Å². The lowest BCUT2D eigenvalue weighted by atomic mass is 9.68. The van der Waals surface area contributed by atoms with Gasteiger partial charge in [-0.25, -0.2) is 0 Å². The number of carbonyl (C=O) groups is 3. The van der Waals surface area contributed by atoms with Gasteiger partial charge in [-0.3, -0.25) is 14.4 Å². The number of hydrogen-bond donors (Lipinski definition) is 0. The molecule has 0 amide bonds. The second-order valence-electron chi connectivity index (χ2n) is 6.11. The quantitative estimate of drug-likeness (QED) is 0.473. The summed E-state index contributed by atoms with van der Waals surface area (Å²) in [5.74, 6) is -2.36. The van der Waals surface area contributed by atoms with E-state index in [0.29, 0.717) is 11.1 Å². The van der Waals surface area contributed by atoms with Crippen LogP contribution in [0.15, 0.2) is 35.9 Å². The van der Waals surface area contributed by atoms with Crippen molar-refractivity contribution < 1.29 is 27.6 Å². The molecule has 0 aliphatic heterocycles. The Morgan fingerprint density at radius 1 is 1.00 bits per heavy atom. The lowest BCUT2D eigenvalue weighted by Crippen LogP contribution is -2.39. The fraction of sp³-hybridized carbons (Fsp3) is 0.389. The summed E-state index contributed by atoms with van der Waals surface area (Å²) in [6, 6.07) is 5.97.